The van der Waals surface area contributed by atoms with Gasteiger partial charge in [-0.2, -0.15) is 0 Å². The Morgan fingerprint density at radius 3 is 2.45 bits per heavy atom. The number of nitrogens with zero attached hydrogens (tertiary/aromatic N) is 1. The van der Waals surface area contributed by atoms with Gasteiger partial charge < -0.3 is 15.5 Å². The zero-order valence-electron chi connectivity index (χ0n) is 16.6. The van der Waals surface area contributed by atoms with Crippen molar-refractivity contribution in [1.82, 2.24) is 5.32 Å². The Kier molecular flexibility index (Phi) is 6.34. The summed E-state index contributed by atoms with van der Waals surface area (Å²) in [6, 6.07) is 17.7. The van der Waals surface area contributed by atoms with E-state index in [1.807, 2.05) is 18.2 Å². The second-order valence-corrected chi connectivity index (χ2v) is 8.81. The van der Waals surface area contributed by atoms with Crippen molar-refractivity contribution in [2.75, 3.05) is 16.8 Å². The third-order valence-corrected chi connectivity index (χ3v) is 6.25. The quantitative estimate of drug-likeness (QED) is 0.567. The monoisotopic (exact) mass is 453 g/mol. The Morgan fingerprint density at radius 2 is 1.77 bits per heavy atom. The summed E-state index contributed by atoms with van der Waals surface area (Å²) in [6.07, 6.45) is 1.42. The van der Waals surface area contributed by atoms with E-state index in [1.165, 1.54) is 11.3 Å². The van der Waals surface area contributed by atoms with E-state index in [4.69, 9.17) is 11.6 Å². The Labute approximate surface area is 188 Å². The van der Waals surface area contributed by atoms with Crippen molar-refractivity contribution < 1.29 is 14.4 Å². The summed E-state index contributed by atoms with van der Waals surface area (Å²) < 4.78 is 0.554. The van der Waals surface area contributed by atoms with Crippen LogP contribution in [0.1, 0.15) is 38.4 Å². The number of hydrogen-bond donors (Lipinski definition) is 2. The fraction of sp³-hybridized carbons (Fsp3) is 0.174. The maximum Gasteiger partial charge on any atom is 0.261 e. The minimum Gasteiger partial charge on any atom is -0.347 e. The molecule has 4 rings (SSSR count). The standard InChI is InChI=1S/C23H20ClN3O3S/c24-20-12-11-19(31-20)23(30)25-14-16-4-1-2-5-18(16)26-22(29)15-7-9-17(10-8-15)27-13-3-6-21(27)28/h1-2,4-5,7-12H,3,6,13-14H2,(H,25,30)(H,26,29). The minimum absolute atomic E-state index is 0.109. The predicted molar refractivity (Wildman–Crippen MR) is 123 cm³/mol. The maximum atomic E-state index is 12.7. The van der Waals surface area contributed by atoms with Crippen LogP contribution in [0.5, 0.6) is 0 Å². The molecule has 1 aliphatic rings. The molecule has 1 aliphatic heterocycles. The van der Waals surface area contributed by atoms with Crippen LogP contribution in [-0.2, 0) is 11.3 Å². The Bertz CT molecular complexity index is 1130. The summed E-state index contributed by atoms with van der Waals surface area (Å²) in [7, 11) is 0. The first kappa shape index (κ1) is 21.1. The van der Waals surface area contributed by atoms with Crippen LogP contribution in [0.25, 0.3) is 0 Å². The van der Waals surface area contributed by atoms with Crippen LogP contribution >= 0.6 is 22.9 Å². The van der Waals surface area contributed by atoms with E-state index >= 15 is 0 Å². The number of anilines is 2. The highest BCUT2D eigenvalue weighted by Gasteiger charge is 2.21. The van der Waals surface area contributed by atoms with Crippen molar-refractivity contribution >= 4 is 52.0 Å². The van der Waals surface area contributed by atoms with Crippen LogP contribution in [0.4, 0.5) is 11.4 Å². The lowest BCUT2D eigenvalue weighted by atomic mass is 10.1. The van der Waals surface area contributed by atoms with Gasteiger partial charge in [-0.15, -0.1) is 11.3 Å². The van der Waals surface area contributed by atoms with Crippen LogP contribution in [0.3, 0.4) is 0 Å². The van der Waals surface area contributed by atoms with E-state index in [1.54, 1.807) is 47.4 Å². The molecule has 158 valence electrons. The molecule has 0 radical (unpaired) electrons. The summed E-state index contributed by atoms with van der Waals surface area (Å²) in [6.45, 7) is 0.974. The van der Waals surface area contributed by atoms with Gasteiger partial charge in [0.2, 0.25) is 5.91 Å². The van der Waals surface area contributed by atoms with Crippen LogP contribution in [-0.4, -0.2) is 24.3 Å². The highest BCUT2D eigenvalue weighted by molar-refractivity contribution is 7.18. The van der Waals surface area contributed by atoms with Gasteiger partial charge >= 0.3 is 0 Å². The average molecular weight is 454 g/mol. The number of thiophene rings is 1. The topological polar surface area (TPSA) is 78.5 Å². The molecule has 0 atom stereocenters. The molecular formula is C23H20ClN3O3S. The summed E-state index contributed by atoms with van der Waals surface area (Å²) in [5, 5.41) is 5.75. The van der Waals surface area contributed by atoms with Crippen LogP contribution in [0.2, 0.25) is 4.34 Å². The SMILES string of the molecule is O=C(Nc1ccccc1CNC(=O)c1ccc(Cl)s1)c1ccc(N2CCCC2=O)cc1. The first-order chi connectivity index (χ1) is 15.0. The molecule has 1 fully saturated rings. The summed E-state index contributed by atoms with van der Waals surface area (Å²) in [5.74, 6) is -0.369. The molecule has 0 saturated carbocycles. The average Bonchev–Trinajstić information content (AvgIpc) is 3.41. The van der Waals surface area contributed by atoms with Crippen LogP contribution in [0, 0.1) is 0 Å². The van der Waals surface area contributed by atoms with E-state index in [-0.39, 0.29) is 24.3 Å². The lowest BCUT2D eigenvalue weighted by Gasteiger charge is -2.16. The van der Waals surface area contributed by atoms with E-state index < -0.39 is 0 Å². The van der Waals surface area contributed by atoms with Crippen LogP contribution in [0.15, 0.2) is 60.7 Å². The van der Waals surface area contributed by atoms with Crippen molar-refractivity contribution in [3.05, 3.63) is 81.0 Å². The highest BCUT2D eigenvalue weighted by Crippen LogP contribution is 2.23. The fourth-order valence-corrected chi connectivity index (χ4v) is 4.36. The van der Waals surface area contributed by atoms with Gasteiger partial charge in [0, 0.05) is 36.4 Å². The third kappa shape index (κ3) is 4.95. The number of halogens is 1. The molecule has 31 heavy (non-hydrogen) atoms. The van der Waals surface area contributed by atoms with E-state index in [2.05, 4.69) is 10.6 Å². The third-order valence-electron chi connectivity index (χ3n) is 5.02. The minimum atomic E-state index is -0.261. The zero-order chi connectivity index (χ0) is 21.8. The smallest absolute Gasteiger partial charge is 0.261 e. The van der Waals surface area contributed by atoms with Crippen molar-refractivity contribution in [3.63, 3.8) is 0 Å². The Balaban J connectivity index is 1.41. The predicted octanol–water partition coefficient (Wildman–Crippen LogP) is 4.71. The van der Waals surface area contributed by atoms with Gasteiger partial charge in [0.05, 0.1) is 9.21 Å². The molecule has 6 nitrogen and oxygen atoms in total. The molecule has 0 bridgehead atoms. The van der Waals surface area contributed by atoms with Gasteiger partial charge in [-0.25, -0.2) is 0 Å². The number of carbonyl (C=O) groups is 3. The number of benzene rings is 2. The van der Waals surface area contributed by atoms with Gasteiger partial charge in [-0.1, -0.05) is 29.8 Å². The molecule has 0 unspecified atom stereocenters. The van der Waals surface area contributed by atoms with Gasteiger partial charge in [-0.3, -0.25) is 14.4 Å². The lowest BCUT2D eigenvalue weighted by Crippen LogP contribution is -2.24. The van der Waals surface area contributed by atoms with Crippen molar-refractivity contribution in [2.24, 2.45) is 0 Å². The number of carbonyl (C=O) groups excluding carboxylic acids is 3. The molecule has 2 heterocycles. The van der Waals surface area contributed by atoms with Gasteiger partial charge in [0.25, 0.3) is 11.8 Å². The first-order valence-electron chi connectivity index (χ1n) is 9.84. The molecular weight excluding hydrogens is 434 g/mol. The van der Waals surface area contributed by atoms with Gasteiger partial charge in [0.15, 0.2) is 0 Å². The lowest BCUT2D eigenvalue weighted by molar-refractivity contribution is -0.117. The summed E-state index contributed by atoms with van der Waals surface area (Å²) in [4.78, 5) is 39.2. The number of nitrogens with one attached hydrogen (secondary N) is 2. The molecule has 2 N–H and O–H groups in total. The second kappa shape index (κ2) is 9.32. The molecule has 3 aromatic rings. The molecule has 0 spiro atoms. The van der Waals surface area contributed by atoms with Gasteiger partial charge in [0.1, 0.15) is 0 Å². The molecule has 1 saturated heterocycles. The van der Waals surface area contributed by atoms with E-state index in [0.717, 1.165) is 17.7 Å². The van der Waals surface area contributed by atoms with E-state index in [9.17, 15) is 14.4 Å². The number of rotatable bonds is 6. The fourth-order valence-electron chi connectivity index (χ4n) is 3.40. The molecule has 2 aromatic carbocycles. The van der Waals surface area contributed by atoms with Crippen LogP contribution < -0.4 is 15.5 Å². The number of para-hydroxylation sites is 1. The molecule has 8 heteroatoms. The summed E-state index contributed by atoms with van der Waals surface area (Å²) >= 11 is 7.10. The molecule has 1 aromatic heterocycles. The Hall–Kier alpha value is -3.16. The van der Waals surface area contributed by atoms with Crippen molar-refractivity contribution in [2.45, 2.75) is 19.4 Å². The van der Waals surface area contributed by atoms with E-state index in [0.29, 0.717) is 33.4 Å². The maximum absolute atomic E-state index is 12.7. The van der Waals surface area contributed by atoms with Crippen molar-refractivity contribution in [1.29, 1.82) is 0 Å². The Morgan fingerprint density at radius 1 is 1.00 bits per heavy atom. The number of amides is 3. The molecule has 3 amide bonds. The zero-order valence-corrected chi connectivity index (χ0v) is 18.1. The van der Waals surface area contributed by atoms with Crippen molar-refractivity contribution in [3.8, 4) is 0 Å². The molecule has 0 aliphatic carbocycles. The first-order valence-corrected chi connectivity index (χ1v) is 11.0. The van der Waals surface area contributed by atoms with Gasteiger partial charge in [-0.05, 0) is 54.4 Å². The normalized spacial score (nSPS) is 13.3. The largest absolute Gasteiger partial charge is 0.347 e. The second-order valence-electron chi connectivity index (χ2n) is 7.09. The highest BCUT2D eigenvalue weighted by atomic mass is 35.5. The number of hydrogen-bond acceptors (Lipinski definition) is 4. The summed E-state index contributed by atoms with van der Waals surface area (Å²) in [5.41, 5.74) is 2.69.